The SMILES string of the molecule is CN1CCC(COc2cnc(-c3cccc(Cn4c(=O)ccc5c6cc(C#N)ccc6sc54)c3)nc2)CC1. The first kappa shape index (κ1) is 24.3. The maximum Gasteiger partial charge on any atom is 0.251 e. The standard InChI is InChI=1S/C30H27N5O2S/c1-34-11-9-20(10-12-34)19-37-24-16-32-29(33-17-24)23-4-2-3-22(13-23)18-35-28(36)8-6-25-26-14-21(15-31)5-7-27(26)38-30(25)35/h2-8,13-14,16-17,20H,9-12,18-19H2,1H3. The molecule has 0 N–H and O–H groups in total. The first-order valence-corrected chi connectivity index (χ1v) is 13.6. The van der Waals surface area contributed by atoms with Gasteiger partial charge in [0.2, 0.25) is 0 Å². The molecule has 0 atom stereocenters. The molecule has 7 nitrogen and oxygen atoms in total. The predicted molar refractivity (Wildman–Crippen MR) is 151 cm³/mol. The molecule has 190 valence electrons. The van der Waals surface area contributed by atoms with Crippen LogP contribution in [0.3, 0.4) is 0 Å². The molecule has 0 spiro atoms. The highest BCUT2D eigenvalue weighted by molar-refractivity contribution is 7.25. The van der Waals surface area contributed by atoms with Crippen LogP contribution in [0.25, 0.3) is 31.7 Å². The molecule has 2 aromatic carbocycles. The van der Waals surface area contributed by atoms with Crippen LogP contribution >= 0.6 is 11.3 Å². The number of ether oxygens (including phenoxy) is 1. The Balaban J connectivity index is 1.22. The molecule has 0 aliphatic carbocycles. The Bertz CT molecular complexity index is 1710. The summed E-state index contributed by atoms with van der Waals surface area (Å²) in [7, 11) is 2.16. The van der Waals surface area contributed by atoms with Gasteiger partial charge in [0.05, 0.1) is 37.2 Å². The maximum absolute atomic E-state index is 12.9. The van der Waals surface area contributed by atoms with Crippen LogP contribution in [0.1, 0.15) is 24.0 Å². The van der Waals surface area contributed by atoms with E-state index >= 15 is 0 Å². The van der Waals surface area contributed by atoms with E-state index < -0.39 is 0 Å². The fourth-order valence-electron chi connectivity index (χ4n) is 5.00. The van der Waals surface area contributed by atoms with Crippen LogP contribution in [0.4, 0.5) is 0 Å². The van der Waals surface area contributed by atoms with Crippen molar-refractivity contribution in [3.8, 4) is 23.2 Å². The van der Waals surface area contributed by atoms with Gasteiger partial charge >= 0.3 is 0 Å². The third kappa shape index (κ3) is 4.91. The van der Waals surface area contributed by atoms with Gasteiger partial charge in [-0.05, 0) is 74.8 Å². The largest absolute Gasteiger partial charge is 0.490 e. The second kappa shape index (κ2) is 10.4. The zero-order chi connectivity index (χ0) is 26.1. The molecular formula is C30H27N5O2S. The van der Waals surface area contributed by atoms with E-state index in [0.717, 1.165) is 57.4 Å². The van der Waals surface area contributed by atoms with Crippen LogP contribution in [0, 0.1) is 17.2 Å². The monoisotopic (exact) mass is 521 g/mol. The van der Waals surface area contributed by atoms with Crippen LogP contribution in [0.15, 0.2) is 71.8 Å². The summed E-state index contributed by atoms with van der Waals surface area (Å²) in [4.78, 5) is 25.2. The lowest BCUT2D eigenvalue weighted by Crippen LogP contribution is -2.32. The molecule has 1 aliphatic rings. The highest BCUT2D eigenvalue weighted by atomic mass is 32.1. The third-order valence-corrected chi connectivity index (χ3v) is 8.43. The van der Waals surface area contributed by atoms with Gasteiger partial charge in [0.15, 0.2) is 11.6 Å². The number of fused-ring (bicyclic) bond motifs is 3. The quantitative estimate of drug-likeness (QED) is 0.301. The van der Waals surface area contributed by atoms with Crippen molar-refractivity contribution in [2.75, 3.05) is 26.7 Å². The summed E-state index contributed by atoms with van der Waals surface area (Å²) in [5, 5.41) is 11.3. The van der Waals surface area contributed by atoms with E-state index in [1.165, 1.54) is 0 Å². The van der Waals surface area contributed by atoms with Gasteiger partial charge < -0.3 is 9.64 Å². The highest BCUT2D eigenvalue weighted by Crippen LogP contribution is 2.34. The van der Waals surface area contributed by atoms with Gasteiger partial charge in [-0.1, -0.05) is 18.2 Å². The van der Waals surface area contributed by atoms with E-state index in [1.807, 2.05) is 48.5 Å². The molecule has 4 heterocycles. The van der Waals surface area contributed by atoms with Crippen LogP contribution in [-0.2, 0) is 6.54 Å². The first-order chi connectivity index (χ1) is 18.6. The van der Waals surface area contributed by atoms with E-state index in [1.54, 1.807) is 34.4 Å². The summed E-state index contributed by atoms with van der Waals surface area (Å²) in [6, 6.07) is 19.3. The molecule has 0 radical (unpaired) electrons. The number of nitriles is 1. The van der Waals surface area contributed by atoms with Crippen LogP contribution < -0.4 is 10.3 Å². The Morgan fingerprint density at radius 1 is 1.05 bits per heavy atom. The minimum Gasteiger partial charge on any atom is -0.490 e. The molecule has 0 amide bonds. The summed E-state index contributed by atoms with van der Waals surface area (Å²) in [6.07, 6.45) is 5.78. The number of benzene rings is 2. The minimum atomic E-state index is -0.0580. The van der Waals surface area contributed by atoms with Crippen molar-refractivity contribution in [1.29, 1.82) is 5.26 Å². The summed E-state index contributed by atoms with van der Waals surface area (Å²) in [6.45, 7) is 3.36. The number of hydrogen-bond acceptors (Lipinski definition) is 7. The highest BCUT2D eigenvalue weighted by Gasteiger charge is 2.17. The van der Waals surface area contributed by atoms with Gasteiger partial charge in [0.25, 0.3) is 5.56 Å². The molecule has 38 heavy (non-hydrogen) atoms. The molecule has 0 unspecified atom stereocenters. The molecule has 8 heteroatoms. The van der Waals surface area contributed by atoms with Crippen LogP contribution in [0.5, 0.6) is 5.75 Å². The molecule has 5 aromatic rings. The fourth-order valence-corrected chi connectivity index (χ4v) is 6.18. The molecule has 0 saturated carbocycles. The zero-order valence-electron chi connectivity index (χ0n) is 21.1. The molecule has 1 aliphatic heterocycles. The van der Waals surface area contributed by atoms with Gasteiger partial charge in [-0.2, -0.15) is 5.26 Å². The second-order valence-electron chi connectivity index (χ2n) is 9.90. The number of aromatic nitrogens is 3. The second-order valence-corrected chi connectivity index (χ2v) is 10.9. The van der Waals surface area contributed by atoms with Crippen molar-refractivity contribution in [3.63, 3.8) is 0 Å². The van der Waals surface area contributed by atoms with Gasteiger partial charge in [0, 0.05) is 27.1 Å². The van der Waals surface area contributed by atoms with Gasteiger partial charge in [0.1, 0.15) is 4.83 Å². The first-order valence-electron chi connectivity index (χ1n) is 12.8. The fraction of sp³-hybridized carbons (Fsp3) is 0.267. The Labute approximate surface area is 224 Å². The Kier molecular flexibility index (Phi) is 6.62. The molecule has 0 bridgehead atoms. The zero-order valence-corrected chi connectivity index (χ0v) is 21.9. The lowest BCUT2D eigenvalue weighted by molar-refractivity contribution is 0.159. The van der Waals surface area contributed by atoms with E-state index in [2.05, 4.69) is 28.0 Å². The van der Waals surface area contributed by atoms with E-state index in [0.29, 0.717) is 36.2 Å². The number of hydrogen-bond donors (Lipinski definition) is 0. The summed E-state index contributed by atoms with van der Waals surface area (Å²) >= 11 is 1.57. The average Bonchev–Trinajstić information content (AvgIpc) is 3.33. The van der Waals surface area contributed by atoms with Crippen molar-refractivity contribution in [2.45, 2.75) is 19.4 Å². The lowest BCUT2D eigenvalue weighted by atomic mass is 9.98. The Hall–Kier alpha value is -4.06. The number of piperidine rings is 1. The number of nitrogens with zero attached hydrogens (tertiary/aromatic N) is 5. The van der Waals surface area contributed by atoms with E-state index in [-0.39, 0.29) is 5.56 Å². The summed E-state index contributed by atoms with van der Waals surface area (Å²) < 4.78 is 8.82. The maximum atomic E-state index is 12.9. The molecule has 6 rings (SSSR count). The normalized spacial score (nSPS) is 14.6. The van der Waals surface area contributed by atoms with E-state index in [4.69, 9.17) is 4.74 Å². The number of pyridine rings is 1. The molecule has 3 aromatic heterocycles. The summed E-state index contributed by atoms with van der Waals surface area (Å²) in [5.74, 6) is 1.88. The number of thiophene rings is 1. The molecule has 1 saturated heterocycles. The number of likely N-dealkylation sites (tertiary alicyclic amines) is 1. The average molecular weight is 522 g/mol. The Morgan fingerprint density at radius 3 is 2.66 bits per heavy atom. The van der Waals surface area contributed by atoms with E-state index in [9.17, 15) is 10.1 Å². The minimum absolute atomic E-state index is 0.0580. The van der Waals surface area contributed by atoms with Gasteiger partial charge in [-0.3, -0.25) is 9.36 Å². The van der Waals surface area contributed by atoms with Crippen molar-refractivity contribution in [3.05, 3.63) is 88.5 Å². The van der Waals surface area contributed by atoms with Crippen molar-refractivity contribution in [1.82, 2.24) is 19.4 Å². The van der Waals surface area contributed by atoms with Crippen molar-refractivity contribution in [2.24, 2.45) is 5.92 Å². The molecular weight excluding hydrogens is 494 g/mol. The molecule has 1 fully saturated rings. The van der Waals surface area contributed by atoms with Gasteiger partial charge in [-0.25, -0.2) is 9.97 Å². The van der Waals surface area contributed by atoms with Crippen LogP contribution in [-0.4, -0.2) is 46.2 Å². The van der Waals surface area contributed by atoms with Gasteiger partial charge in [-0.15, -0.1) is 11.3 Å². The van der Waals surface area contributed by atoms with Crippen LogP contribution in [0.2, 0.25) is 0 Å². The lowest BCUT2D eigenvalue weighted by Gasteiger charge is -2.28. The topological polar surface area (TPSA) is 84.0 Å². The third-order valence-electron chi connectivity index (χ3n) is 7.22. The predicted octanol–water partition coefficient (Wildman–Crippen LogP) is 5.31. The van der Waals surface area contributed by atoms with Crippen molar-refractivity contribution < 1.29 is 4.74 Å². The smallest absolute Gasteiger partial charge is 0.251 e. The number of rotatable bonds is 6. The summed E-state index contributed by atoms with van der Waals surface area (Å²) in [5.41, 5.74) is 2.43. The Morgan fingerprint density at radius 2 is 1.87 bits per heavy atom. The van der Waals surface area contributed by atoms with Crippen molar-refractivity contribution >= 4 is 31.6 Å².